The van der Waals surface area contributed by atoms with Crippen LogP contribution in [0.5, 0.6) is 0 Å². The van der Waals surface area contributed by atoms with E-state index in [1.807, 2.05) is 6.07 Å². The number of aryl methyl sites for hydroxylation is 1. The van der Waals surface area contributed by atoms with Gasteiger partial charge in [-0.05, 0) is 41.6 Å². The molecule has 0 unspecified atom stereocenters. The monoisotopic (exact) mass is 394 g/mol. The largest absolute Gasteiger partial charge is 0.375 e. The van der Waals surface area contributed by atoms with Gasteiger partial charge in [0.05, 0.1) is 8.58 Å². The number of halogens is 2. The highest BCUT2D eigenvalue weighted by Gasteiger charge is 2.12. The lowest BCUT2D eigenvalue weighted by molar-refractivity contribution is 1.37. The summed E-state index contributed by atoms with van der Waals surface area (Å²) in [5, 5.41) is 0.614. The molecule has 0 saturated carbocycles. The fraction of sp³-hybridized carbons (Fsp3) is 0.100. The molecule has 0 fully saturated rings. The predicted octanol–water partition coefficient (Wildman–Crippen LogP) is 4.07. The summed E-state index contributed by atoms with van der Waals surface area (Å²) in [4.78, 5) is 4.34. The summed E-state index contributed by atoms with van der Waals surface area (Å²) in [5.74, 6) is 0. The molecular weight excluding hydrogens is 387 g/mol. The maximum absolute atomic E-state index is 5.69. The number of nitrogens with two attached hydrogens (primary N) is 1. The maximum atomic E-state index is 5.69. The van der Waals surface area contributed by atoms with Gasteiger partial charge in [0.2, 0.25) is 0 Å². The van der Waals surface area contributed by atoms with Crippen molar-refractivity contribution in [1.82, 2.24) is 4.98 Å². The normalized spacial score (nSPS) is 10.6. The third-order valence-electron chi connectivity index (χ3n) is 1.98. The van der Waals surface area contributed by atoms with Gasteiger partial charge in [-0.25, -0.2) is 4.98 Å². The molecule has 5 heteroatoms. The quantitative estimate of drug-likeness (QED) is 0.740. The van der Waals surface area contributed by atoms with E-state index in [-0.39, 0.29) is 0 Å². The van der Waals surface area contributed by atoms with Crippen LogP contribution in [-0.4, -0.2) is 4.98 Å². The van der Waals surface area contributed by atoms with Crippen LogP contribution in [0.25, 0.3) is 11.3 Å². The van der Waals surface area contributed by atoms with Crippen LogP contribution in [0.15, 0.2) is 22.7 Å². The fourth-order valence-electron chi connectivity index (χ4n) is 1.30. The maximum Gasteiger partial charge on any atom is 0.181 e. The van der Waals surface area contributed by atoms with Gasteiger partial charge < -0.3 is 5.73 Å². The zero-order valence-electron chi connectivity index (χ0n) is 7.92. The predicted molar refractivity (Wildman–Crippen MR) is 77.1 cm³/mol. The van der Waals surface area contributed by atoms with Gasteiger partial charge in [0.1, 0.15) is 0 Å². The molecule has 1 heterocycles. The molecule has 0 aliphatic carbocycles. The number of nitrogen functional groups attached to an aromatic ring is 1. The molecule has 0 saturated heterocycles. The number of nitrogens with zero attached hydrogens (tertiary/aromatic N) is 1. The van der Waals surface area contributed by atoms with E-state index < -0.39 is 0 Å². The second kappa shape index (κ2) is 4.39. The smallest absolute Gasteiger partial charge is 0.181 e. The second-order valence-corrected chi connectivity index (χ2v) is 6.85. The van der Waals surface area contributed by atoms with Gasteiger partial charge in [-0.1, -0.05) is 38.9 Å². The Hall–Kier alpha value is -0.140. The number of rotatable bonds is 1. The number of thiazole rings is 1. The fourth-order valence-corrected chi connectivity index (χ4v) is 3.40. The highest BCUT2D eigenvalue weighted by Crippen LogP contribution is 2.35. The summed E-state index contributed by atoms with van der Waals surface area (Å²) in [5.41, 5.74) is 8.98. The standard InChI is InChI=1S/C10H8BrIN2S/c1-5-2-3-7(11)6(4-5)8-9(12)15-10(13)14-8/h2-4H,1H3,(H2,13,14). The molecule has 1 aromatic heterocycles. The molecule has 2 rings (SSSR count). The van der Waals surface area contributed by atoms with Gasteiger partial charge in [-0.3, -0.25) is 0 Å². The van der Waals surface area contributed by atoms with E-state index in [0.717, 1.165) is 18.6 Å². The highest BCUT2D eigenvalue weighted by atomic mass is 127. The minimum absolute atomic E-state index is 0.614. The van der Waals surface area contributed by atoms with Gasteiger partial charge in [0.25, 0.3) is 0 Å². The average molecular weight is 395 g/mol. The van der Waals surface area contributed by atoms with Gasteiger partial charge in [0, 0.05) is 10.0 Å². The molecule has 2 nitrogen and oxygen atoms in total. The van der Waals surface area contributed by atoms with Gasteiger partial charge in [0.15, 0.2) is 5.13 Å². The summed E-state index contributed by atoms with van der Waals surface area (Å²) >= 11 is 7.31. The van der Waals surface area contributed by atoms with Crippen molar-refractivity contribution in [3.05, 3.63) is 31.1 Å². The van der Waals surface area contributed by atoms with Crippen LogP contribution in [0.1, 0.15) is 5.56 Å². The second-order valence-electron chi connectivity index (χ2n) is 3.16. The molecule has 2 aromatic rings. The van der Waals surface area contributed by atoms with Gasteiger partial charge >= 0.3 is 0 Å². The third-order valence-corrected chi connectivity index (χ3v) is 4.52. The zero-order valence-corrected chi connectivity index (χ0v) is 12.5. The summed E-state index contributed by atoms with van der Waals surface area (Å²) in [6.07, 6.45) is 0. The first kappa shape index (κ1) is 11.3. The summed E-state index contributed by atoms with van der Waals surface area (Å²) in [6.45, 7) is 2.07. The Bertz CT molecular complexity index is 510. The van der Waals surface area contributed by atoms with Crippen molar-refractivity contribution in [3.8, 4) is 11.3 Å². The van der Waals surface area contributed by atoms with E-state index in [1.165, 1.54) is 16.9 Å². The number of hydrogen-bond donors (Lipinski definition) is 1. The van der Waals surface area contributed by atoms with Crippen LogP contribution in [0.4, 0.5) is 5.13 Å². The Kier molecular flexibility index (Phi) is 3.32. The van der Waals surface area contributed by atoms with Gasteiger partial charge in [-0.15, -0.1) is 0 Å². The Morgan fingerprint density at radius 3 is 2.80 bits per heavy atom. The Morgan fingerprint density at radius 2 is 2.20 bits per heavy atom. The van der Waals surface area contributed by atoms with Crippen molar-refractivity contribution in [2.24, 2.45) is 0 Å². The molecular formula is C10H8BrIN2S. The van der Waals surface area contributed by atoms with E-state index >= 15 is 0 Å². The Labute approximate surface area is 114 Å². The summed E-state index contributed by atoms with van der Waals surface area (Å²) in [7, 11) is 0. The van der Waals surface area contributed by atoms with Crippen LogP contribution in [0.3, 0.4) is 0 Å². The molecule has 0 bridgehead atoms. The summed E-state index contributed by atoms with van der Waals surface area (Å²) < 4.78 is 2.17. The number of anilines is 1. The SMILES string of the molecule is Cc1ccc(Br)c(-c2nc(N)sc2I)c1. The van der Waals surface area contributed by atoms with Crippen LogP contribution < -0.4 is 5.73 Å². The Morgan fingerprint density at radius 1 is 1.47 bits per heavy atom. The highest BCUT2D eigenvalue weighted by molar-refractivity contribution is 14.1. The molecule has 0 atom stereocenters. The van der Waals surface area contributed by atoms with Crippen molar-refractivity contribution in [2.75, 3.05) is 5.73 Å². The molecule has 0 amide bonds. The summed E-state index contributed by atoms with van der Waals surface area (Å²) in [6, 6.07) is 6.22. The molecule has 0 spiro atoms. The molecule has 0 radical (unpaired) electrons. The van der Waals surface area contributed by atoms with E-state index in [1.54, 1.807) is 0 Å². The van der Waals surface area contributed by atoms with Crippen LogP contribution in [-0.2, 0) is 0 Å². The van der Waals surface area contributed by atoms with E-state index in [9.17, 15) is 0 Å². The lowest BCUT2D eigenvalue weighted by Gasteiger charge is -2.03. The molecule has 0 aliphatic rings. The topological polar surface area (TPSA) is 38.9 Å². The van der Waals surface area contributed by atoms with E-state index in [4.69, 9.17) is 5.73 Å². The third kappa shape index (κ3) is 2.34. The van der Waals surface area contributed by atoms with Gasteiger partial charge in [-0.2, -0.15) is 0 Å². The molecule has 15 heavy (non-hydrogen) atoms. The molecule has 2 N–H and O–H groups in total. The van der Waals surface area contributed by atoms with Crippen LogP contribution in [0.2, 0.25) is 0 Å². The Balaban J connectivity index is 2.62. The number of benzene rings is 1. The van der Waals surface area contributed by atoms with Crippen molar-refractivity contribution in [3.63, 3.8) is 0 Å². The lowest BCUT2D eigenvalue weighted by atomic mass is 10.1. The first-order valence-electron chi connectivity index (χ1n) is 4.26. The minimum atomic E-state index is 0.614. The van der Waals surface area contributed by atoms with Crippen molar-refractivity contribution in [2.45, 2.75) is 6.92 Å². The average Bonchev–Trinajstić information content (AvgIpc) is 2.50. The zero-order chi connectivity index (χ0) is 11.0. The van der Waals surface area contributed by atoms with Crippen molar-refractivity contribution in [1.29, 1.82) is 0 Å². The molecule has 0 aliphatic heterocycles. The van der Waals surface area contributed by atoms with Crippen LogP contribution >= 0.6 is 49.9 Å². The molecule has 1 aromatic carbocycles. The van der Waals surface area contributed by atoms with Crippen LogP contribution in [0, 0.1) is 9.81 Å². The lowest BCUT2D eigenvalue weighted by Crippen LogP contribution is -1.86. The molecule has 78 valence electrons. The first-order valence-corrected chi connectivity index (χ1v) is 6.95. The van der Waals surface area contributed by atoms with Crippen molar-refractivity contribution >= 4 is 55.0 Å². The first-order chi connectivity index (χ1) is 7.08. The van der Waals surface area contributed by atoms with Crippen molar-refractivity contribution < 1.29 is 0 Å². The van der Waals surface area contributed by atoms with E-state index in [2.05, 4.69) is 62.6 Å². The minimum Gasteiger partial charge on any atom is -0.375 e. The number of aromatic nitrogens is 1. The number of hydrogen-bond acceptors (Lipinski definition) is 3. The van der Waals surface area contributed by atoms with E-state index in [0.29, 0.717) is 5.13 Å².